The van der Waals surface area contributed by atoms with Crippen LogP contribution in [-0.2, 0) is 6.54 Å². The third-order valence-electron chi connectivity index (χ3n) is 5.17. The van der Waals surface area contributed by atoms with Crippen molar-refractivity contribution in [1.29, 1.82) is 0 Å². The van der Waals surface area contributed by atoms with E-state index in [4.69, 9.17) is 9.15 Å². The molecule has 0 spiro atoms. The van der Waals surface area contributed by atoms with Crippen LogP contribution in [0.5, 0.6) is 5.75 Å². The number of nitrogens with one attached hydrogen (secondary N) is 2. The van der Waals surface area contributed by atoms with E-state index in [9.17, 15) is 19.2 Å². The Morgan fingerprint density at radius 2 is 1.58 bits per heavy atom. The highest BCUT2D eigenvalue weighted by Gasteiger charge is 2.35. The average molecular weight is 447 g/mol. The summed E-state index contributed by atoms with van der Waals surface area (Å²) in [4.78, 5) is 51.0. The molecule has 0 fully saturated rings. The minimum Gasteiger partial charge on any atom is -0.496 e. The first kappa shape index (κ1) is 21.8. The quantitative estimate of drug-likeness (QED) is 0.404. The fourth-order valence-corrected chi connectivity index (χ4v) is 3.54. The summed E-state index contributed by atoms with van der Waals surface area (Å²) in [7, 11) is 1.44. The number of carbonyl (C=O) groups excluding carboxylic acids is 4. The van der Waals surface area contributed by atoms with Gasteiger partial charge in [-0.1, -0.05) is 18.2 Å². The van der Waals surface area contributed by atoms with E-state index in [0.717, 1.165) is 4.90 Å². The van der Waals surface area contributed by atoms with Gasteiger partial charge >= 0.3 is 0 Å². The molecule has 33 heavy (non-hydrogen) atoms. The van der Waals surface area contributed by atoms with Crippen molar-refractivity contribution in [2.24, 2.45) is 0 Å². The summed E-state index contributed by atoms with van der Waals surface area (Å²) in [5.41, 5.74) is 1.58. The number of fused-ring (bicyclic) bond motifs is 1. The minimum absolute atomic E-state index is 0.0236. The molecule has 1 aliphatic rings. The molecule has 2 N–H and O–H groups in total. The van der Waals surface area contributed by atoms with Crippen LogP contribution in [0.15, 0.2) is 65.3 Å². The molecule has 3 aromatic rings. The van der Waals surface area contributed by atoms with Crippen molar-refractivity contribution in [3.63, 3.8) is 0 Å². The lowest BCUT2D eigenvalue weighted by Gasteiger charge is -2.16. The molecule has 0 bridgehead atoms. The maximum absolute atomic E-state index is 12.7. The topological polar surface area (TPSA) is 118 Å². The van der Waals surface area contributed by atoms with Gasteiger partial charge in [0.25, 0.3) is 23.6 Å². The van der Waals surface area contributed by atoms with E-state index < -0.39 is 5.91 Å². The Balaban J connectivity index is 1.40. The van der Waals surface area contributed by atoms with E-state index in [2.05, 4.69) is 10.6 Å². The van der Waals surface area contributed by atoms with Crippen LogP contribution in [0.25, 0.3) is 0 Å². The Morgan fingerprint density at radius 1 is 0.909 bits per heavy atom. The van der Waals surface area contributed by atoms with Crippen molar-refractivity contribution in [2.75, 3.05) is 20.2 Å². The van der Waals surface area contributed by atoms with Crippen molar-refractivity contribution in [1.82, 2.24) is 15.5 Å². The molecular formula is C24H21N3O6. The Bertz CT molecular complexity index is 1180. The average Bonchev–Trinajstić information content (AvgIpc) is 3.46. The zero-order valence-electron chi connectivity index (χ0n) is 17.8. The van der Waals surface area contributed by atoms with Gasteiger partial charge in [-0.25, -0.2) is 0 Å². The lowest BCUT2D eigenvalue weighted by Crippen LogP contribution is -2.34. The van der Waals surface area contributed by atoms with Crippen LogP contribution in [0, 0.1) is 0 Å². The van der Waals surface area contributed by atoms with Gasteiger partial charge in [-0.3, -0.25) is 24.1 Å². The molecule has 1 aromatic heterocycles. The predicted octanol–water partition coefficient (Wildman–Crippen LogP) is 2.24. The number of benzene rings is 2. The number of rotatable bonds is 8. The molecule has 4 rings (SSSR count). The zero-order valence-corrected chi connectivity index (χ0v) is 17.8. The van der Waals surface area contributed by atoms with Gasteiger partial charge < -0.3 is 19.8 Å². The third kappa shape index (κ3) is 4.47. The molecule has 0 saturated carbocycles. The lowest BCUT2D eigenvalue weighted by molar-refractivity contribution is 0.0642. The lowest BCUT2D eigenvalue weighted by atomic mass is 10.1. The first-order valence-electron chi connectivity index (χ1n) is 10.2. The first-order chi connectivity index (χ1) is 16.0. The second-order valence-corrected chi connectivity index (χ2v) is 7.27. The molecule has 0 aliphatic carbocycles. The van der Waals surface area contributed by atoms with Crippen molar-refractivity contribution in [2.45, 2.75) is 6.54 Å². The van der Waals surface area contributed by atoms with Crippen LogP contribution >= 0.6 is 0 Å². The van der Waals surface area contributed by atoms with Crippen molar-refractivity contribution >= 4 is 23.6 Å². The second-order valence-electron chi connectivity index (χ2n) is 7.27. The van der Waals surface area contributed by atoms with Gasteiger partial charge in [0.15, 0.2) is 5.76 Å². The van der Waals surface area contributed by atoms with Crippen LogP contribution < -0.4 is 15.4 Å². The van der Waals surface area contributed by atoms with Crippen LogP contribution in [0.1, 0.15) is 47.2 Å². The standard InChI is InChI=1S/C24H21N3O6/c1-32-19-9-8-15(14-27-23(30)16-5-2-3-6-17(16)24(27)31)13-18(19)21(28)25-10-11-26-22(29)20-7-4-12-33-20/h2-9,12-13H,10-11,14H2,1H3,(H,25,28)(H,26,29). The van der Waals surface area contributed by atoms with Crippen LogP contribution in [0.4, 0.5) is 0 Å². The molecule has 0 unspecified atom stereocenters. The van der Waals surface area contributed by atoms with Gasteiger partial charge in [-0.15, -0.1) is 0 Å². The normalized spacial score (nSPS) is 12.5. The molecule has 9 heteroatoms. The minimum atomic E-state index is -0.414. The summed E-state index contributed by atoms with van der Waals surface area (Å²) < 4.78 is 10.3. The van der Waals surface area contributed by atoms with Gasteiger partial charge in [0, 0.05) is 13.1 Å². The number of amides is 4. The monoisotopic (exact) mass is 447 g/mol. The molecule has 2 heterocycles. The number of hydrogen-bond acceptors (Lipinski definition) is 6. The summed E-state index contributed by atoms with van der Waals surface area (Å²) in [5, 5.41) is 5.35. The highest BCUT2D eigenvalue weighted by molar-refractivity contribution is 6.21. The van der Waals surface area contributed by atoms with Crippen LogP contribution in [0.3, 0.4) is 0 Å². The number of hydrogen-bond donors (Lipinski definition) is 2. The number of methoxy groups -OCH3 is 1. The molecule has 9 nitrogen and oxygen atoms in total. The molecule has 2 aromatic carbocycles. The molecule has 4 amide bonds. The summed E-state index contributed by atoms with van der Waals surface area (Å²) >= 11 is 0. The second kappa shape index (κ2) is 9.39. The largest absolute Gasteiger partial charge is 0.496 e. The van der Waals surface area contributed by atoms with Gasteiger partial charge in [0.05, 0.1) is 36.6 Å². The van der Waals surface area contributed by atoms with E-state index in [-0.39, 0.29) is 48.7 Å². The number of carbonyl (C=O) groups is 4. The fourth-order valence-electron chi connectivity index (χ4n) is 3.54. The number of imide groups is 1. The van der Waals surface area contributed by atoms with Crippen molar-refractivity contribution < 1.29 is 28.3 Å². The van der Waals surface area contributed by atoms with E-state index in [1.54, 1.807) is 54.6 Å². The van der Waals surface area contributed by atoms with Crippen LogP contribution in [0.2, 0.25) is 0 Å². The molecule has 0 atom stereocenters. The molecule has 168 valence electrons. The van der Waals surface area contributed by atoms with Gasteiger partial charge in [-0.2, -0.15) is 0 Å². The smallest absolute Gasteiger partial charge is 0.287 e. The van der Waals surface area contributed by atoms with Gasteiger partial charge in [0.1, 0.15) is 5.75 Å². The van der Waals surface area contributed by atoms with E-state index in [1.165, 1.54) is 13.4 Å². The maximum Gasteiger partial charge on any atom is 0.287 e. The van der Waals surface area contributed by atoms with Gasteiger partial charge in [0.2, 0.25) is 0 Å². The number of nitrogens with zero attached hydrogens (tertiary/aromatic N) is 1. The molecular weight excluding hydrogens is 426 g/mol. The zero-order chi connectivity index (χ0) is 23.4. The van der Waals surface area contributed by atoms with E-state index >= 15 is 0 Å². The Kier molecular flexibility index (Phi) is 6.21. The van der Waals surface area contributed by atoms with Crippen LogP contribution in [-0.4, -0.2) is 48.7 Å². The summed E-state index contributed by atoms with van der Waals surface area (Å²) in [6.07, 6.45) is 1.40. The molecule has 0 radical (unpaired) electrons. The Hall–Kier alpha value is -4.40. The SMILES string of the molecule is COc1ccc(CN2C(=O)c3ccccc3C2=O)cc1C(=O)NCCNC(=O)c1ccco1. The number of furan rings is 1. The molecule has 1 aliphatic heterocycles. The summed E-state index contributed by atoms with van der Waals surface area (Å²) in [5.74, 6) is -1.00. The highest BCUT2D eigenvalue weighted by atomic mass is 16.5. The third-order valence-corrected chi connectivity index (χ3v) is 5.17. The van der Waals surface area contributed by atoms with Crippen molar-refractivity contribution in [3.05, 3.63) is 88.9 Å². The van der Waals surface area contributed by atoms with Gasteiger partial charge in [-0.05, 0) is 42.0 Å². The Labute approximate surface area is 189 Å². The van der Waals surface area contributed by atoms with E-state index in [1.807, 2.05) is 0 Å². The number of ether oxygens (including phenoxy) is 1. The van der Waals surface area contributed by atoms with E-state index in [0.29, 0.717) is 22.4 Å². The maximum atomic E-state index is 12.7. The summed E-state index contributed by atoms with van der Waals surface area (Å²) in [6.45, 7) is 0.398. The first-order valence-corrected chi connectivity index (χ1v) is 10.2. The Morgan fingerprint density at radius 3 is 2.18 bits per heavy atom. The summed E-state index contributed by atoms with van der Waals surface area (Å²) in [6, 6.07) is 14.7. The predicted molar refractivity (Wildman–Crippen MR) is 117 cm³/mol. The van der Waals surface area contributed by atoms with Crippen molar-refractivity contribution in [3.8, 4) is 5.75 Å². The fraction of sp³-hybridized carbons (Fsp3) is 0.167. The highest BCUT2D eigenvalue weighted by Crippen LogP contribution is 2.26. The molecule has 0 saturated heterocycles.